The van der Waals surface area contributed by atoms with Crippen molar-refractivity contribution in [1.29, 1.82) is 0 Å². The molecule has 1 fully saturated rings. The average Bonchev–Trinajstić information content (AvgIpc) is 3.86. The zero-order valence-electron chi connectivity index (χ0n) is 28.4. The number of rotatable bonds is 13. The van der Waals surface area contributed by atoms with Crippen molar-refractivity contribution in [3.8, 4) is 17.0 Å². The Morgan fingerprint density at radius 1 is 1.00 bits per heavy atom. The van der Waals surface area contributed by atoms with Gasteiger partial charge in [0, 0.05) is 30.8 Å². The van der Waals surface area contributed by atoms with Gasteiger partial charge >= 0.3 is 0 Å². The highest BCUT2D eigenvalue weighted by Crippen LogP contribution is 2.34. The molecule has 12 nitrogen and oxygen atoms in total. The van der Waals surface area contributed by atoms with Crippen molar-refractivity contribution < 1.29 is 14.2 Å². The first kappa shape index (κ1) is 34.8. The van der Waals surface area contributed by atoms with E-state index in [4.69, 9.17) is 57.5 Å². The molecule has 7 rings (SSSR count). The highest BCUT2D eigenvalue weighted by molar-refractivity contribution is 8.32. The molecule has 0 aliphatic carbocycles. The molecule has 2 aromatic carbocycles. The van der Waals surface area contributed by atoms with Gasteiger partial charge in [-0.3, -0.25) is 0 Å². The maximum absolute atomic E-state index is 6.55. The maximum atomic E-state index is 6.55. The Labute approximate surface area is 306 Å². The number of halogens is 2. The van der Waals surface area contributed by atoms with E-state index in [0.717, 1.165) is 45.2 Å². The smallest absolute Gasteiger partial charge is 0.232 e. The van der Waals surface area contributed by atoms with Gasteiger partial charge in [-0.15, -0.1) is 11.3 Å². The van der Waals surface area contributed by atoms with E-state index in [1.807, 2.05) is 35.3 Å². The Morgan fingerprint density at radius 3 is 2.50 bits per heavy atom. The van der Waals surface area contributed by atoms with Crippen LogP contribution in [0.25, 0.3) is 27.9 Å². The topological polar surface area (TPSA) is 108 Å². The number of nitrogens with zero attached hydrogens (tertiary/aromatic N) is 9. The van der Waals surface area contributed by atoms with Crippen molar-refractivity contribution in [2.75, 3.05) is 74.3 Å². The SMILES string of the molecule is COc1ccc(CN(Cc2nc3cc(Cl)c(Cl)cc3n2COCCS(C)(C)C)c2nc(N3CCOCC3)nc3c(-c4cscn4)cnn23)cc1. The van der Waals surface area contributed by atoms with Crippen LogP contribution in [0.15, 0.2) is 53.5 Å². The van der Waals surface area contributed by atoms with Crippen molar-refractivity contribution in [2.24, 2.45) is 0 Å². The molecule has 0 unspecified atom stereocenters. The summed E-state index contributed by atoms with van der Waals surface area (Å²) in [5, 5.41) is 7.74. The van der Waals surface area contributed by atoms with Crippen LogP contribution in [-0.4, -0.2) is 98.7 Å². The van der Waals surface area contributed by atoms with Gasteiger partial charge in [0.15, 0.2) is 5.65 Å². The van der Waals surface area contributed by atoms with Crippen molar-refractivity contribution in [3.05, 3.63) is 74.9 Å². The molecule has 0 bridgehead atoms. The fraction of sp³-hybridized carbons (Fsp3) is 0.382. The van der Waals surface area contributed by atoms with Gasteiger partial charge in [-0.25, -0.2) is 20.0 Å². The molecule has 0 N–H and O–H groups in total. The van der Waals surface area contributed by atoms with Crippen molar-refractivity contribution in [2.45, 2.75) is 19.8 Å². The first-order chi connectivity index (χ1) is 24.2. The molecule has 264 valence electrons. The van der Waals surface area contributed by atoms with Crippen molar-refractivity contribution in [1.82, 2.24) is 34.1 Å². The standard InChI is InChI=1S/C34H39Cl2N9O3S2/c1-46-24-7-5-23(6-8-24)18-43(19-31-39-28-15-26(35)27(36)16-30(28)44(31)22-48-13-14-50(2,3)4)34-41-33(42-9-11-47-12-10-42)40-32-25(17-38-45(32)34)29-20-49-21-37-29/h5-8,15-17,20-21H,9-14,18-19,22H2,1-4H3. The maximum Gasteiger partial charge on any atom is 0.232 e. The van der Waals surface area contributed by atoms with Crippen LogP contribution in [-0.2, 0) is 29.3 Å². The van der Waals surface area contributed by atoms with Gasteiger partial charge < -0.3 is 28.6 Å². The third-order valence-corrected chi connectivity index (χ3v) is 11.1. The van der Waals surface area contributed by atoms with Crippen LogP contribution >= 0.6 is 44.6 Å². The zero-order chi connectivity index (χ0) is 34.8. The lowest BCUT2D eigenvalue weighted by molar-refractivity contribution is 0.0903. The minimum Gasteiger partial charge on any atom is -0.497 e. The molecular weight excluding hydrogens is 717 g/mol. The van der Waals surface area contributed by atoms with E-state index in [1.54, 1.807) is 17.7 Å². The Morgan fingerprint density at radius 2 is 1.78 bits per heavy atom. The number of imidazole rings is 1. The first-order valence-corrected chi connectivity index (χ1v) is 20.8. The van der Waals surface area contributed by atoms with Gasteiger partial charge in [-0.1, -0.05) is 35.3 Å². The van der Waals surface area contributed by atoms with E-state index >= 15 is 0 Å². The zero-order valence-corrected chi connectivity index (χ0v) is 31.5. The molecular formula is C34H39Cl2N9O3S2. The van der Waals surface area contributed by atoms with Crippen molar-refractivity contribution >= 4 is 73.1 Å². The average molecular weight is 757 g/mol. The molecule has 5 heterocycles. The van der Waals surface area contributed by atoms with Gasteiger partial charge in [0.05, 0.1) is 77.5 Å². The first-order valence-electron chi connectivity index (χ1n) is 16.1. The highest BCUT2D eigenvalue weighted by atomic mass is 35.5. The summed E-state index contributed by atoms with van der Waals surface area (Å²) in [4.78, 5) is 24.2. The minimum atomic E-state index is -0.719. The molecule has 0 spiro atoms. The molecule has 0 radical (unpaired) electrons. The quantitative estimate of drug-likeness (QED) is 0.119. The summed E-state index contributed by atoms with van der Waals surface area (Å²) in [6, 6.07) is 11.7. The molecule has 1 aliphatic rings. The number of ether oxygens (including phenoxy) is 3. The lowest BCUT2D eigenvalue weighted by Gasteiger charge is -2.29. The fourth-order valence-corrected chi connectivity index (χ4v) is 7.19. The van der Waals surface area contributed by atoms with E-state index in [0.29, 0.717) is 80.3 Å². The van der Waals surface area contributed by atoms with E-state index in [-0.39, 0.29) is 0 Å². The second kappa shape index (κ2) is 14.9. The summed E-state index contributed by atoms with van der Waals surface area (Å²) < 4.78 is 21.3. The summed E-state index contributed by atoms with van der Waals surface area (Å²) in [7, 11) is 0.946. The van der Waals surface area contributed by atoms with E-state index in [2.05, 4.69) is 50.3 Å². The van der Waals surface area contributed by atoms with Crippen LogP contribution in [0.4, 0.5) is 11.9 Å². The van der Waals surface area contributed by atoms with Crippen LogP contribution in [0.3, 0.4) is 0 Å². The number of aromatic nitrogens is 7. The predicted octanol–water partition coefficient (Wildman–Crippen LogP) is 6.62. The fourth-order valence-electron chi connectivity index (χ4n) is 5.71. The molecule has 1 aliphatic heterocycles. The number of benzene rings is 2. The summed E-state index contributed by atoms with van der Waals surface area (Å²) in [5.41, 5.74) is 6.75. The van der Waals surface area contributed by atoms with Crippen LogP contribution in [0, 0.1) is 0 Å². The lowest BCUT2D eigenvalue weighted by Crippen LogP contribution is -2.38. The van der Waals surface area contributed by atoms with Crippen LogP contribution < -0.4 is 14.5 Å². The monoisotopic (exact) mass is 755 g/mol. The van der Waals surface area contributed by atoms with Gasteiger partial charge in [0.1, 0.15) is 18.3 Å². The molecule has 6 aromatic rings. The number of morpholine rings is 1. The lowest BCUT2D eigenvalue weighted by atomic mass is 10.2. The van der Waals surface area contributed by atoms with Crippen LogP contribution in [0.2, 0.25) is 10.0 Å². The van der Waals surface area contributed by atoms with E-state index in [9.17, 15) is 0 Å². The molecule has 16 heteroatoms. The second-order valence-corrected chi connectivity index (χ2v) is 19.0. The van der Waals surface area contributed by atoms with Gasteiger partial charge in [0.25, 0.3) is 0 Å². The number of hydrogen-bond donors (Lipinski definition) is 0. The summed E-state index contributed by atoms with van der Waals surface area (Å²) in [6.45, 7) is 4.36. The normalized spacial score (nSPS) is 14.2. The van der Waals surface area contributed by atoms with E-state index in [1.165, 1.54) is 11.3 Å². The molecule has 0 atom stereocenters. The predicted molar refractivity (Wildman–Crippen MR) is 204 cm³/mol. The molecule has 0 saturated carbocycles. The molecule has 0 amide bonds. The number of thiazole rings is 1. The second-order valence-electron chi connectivity index (χ2n) is 12.8. The Kier molecular flexibility index (Phi) is 10.4. The minimum absolute atomic E-state index is 0.309. The Balaban J connectivity index is 1.36. The third-order valence-electron chi connectivity index (χ3n) is 8.42. The highest BCUT2D eigenvalue weighted by Gasteiger charge is 2.25. The van der Waals surface area contributed by atoms with E-state index < -0.39 is 10.0 Å². The molecule has 50 heavy (non-hydrogen) atoms. The summed E-state index contributed by atoms with van der Waals surface area (Å²) in [6.07, 6.45) is 8.67. The van der Waals surface area contributed by atoms with Gasteiger partial charge in [-0.2, -0.15) is 19.6 Å². The number of anilines is 2. The van der Waals surface area contributed by atoms with Gasteiger partial charge in [-0.05, 0) is 48.6 Å². The molecule has 4 aromatic heterocycles. The van der Waals surface area contributed by atoms with Gasteiger partial charge in [0.2, 0.25) is 11.9 Å². The number of fused-ring (bicyclic) bond motifs is 2. The van der Waals surface area contributed by atoms with Crippen molar-refractivity contribution in [3.63, 3.8) is 0 Å². The largest absolute Gasteiger partial charge is 0.497 e. The summed E-state index contributed by atoms with van der Waals surface area (Å²) in [5.74, 6) is 3.76. The third kappa shape index (κ3) is 7.65. The van der Waals surface area contributed by atoms with Crippen LogP contribution in [0.1, 0.15) is 11.4 Å². The summed E-state index contributed by atoms with van der Waals surface area (Å²) >= 11 is 14.6. The number of methoxy groups -OCH3 is 1. The Bertz CT molecular complexity index is 2080. The molecule has 1 saturated heterocycles. The number of hydrogen-bond acceptors (Lipinski definition) is 11. The Hall–Kier alpha value is -3.66. The van der Waals surface area contributed by atoms with Crippen LogP contribution in [0.5, 0.6) is 5.75 Å².